The zero-order valence-electron chi connectivity index (χ0n) is 46.8. The van der Waals surface area contributed by atoms with Crippen molar-refractivity contribution in [3.63, 3.8) is 0 Å². The molecule has 0 aliphatic carbocycles. The van der Waals surface area contributed by atoms with E-state index < -0.39 is 89.6 Å². The standard InChI is InChI=1S/C64H43N/c1-3-17-49(18-4-1)63-61-26-12-11-25-59(61)60-42-35-51(43-62(60)64(63)50-19-5-2-6-20-50)44-29-36-52(37-30-44)65(53-38-31-47(32-39-53)57-27-13-21-45-15-7-9-23-55(45)57)54-40-33-48(34-41-54)58-28-14-22-46-16-8-10-24-56(46)58/h1-43H/i29D,30D,31D,32D,33D,34D,36D,37D,38D,39D,40D,41D. The van der Waals surface area contributed by atoms with Gasteiger partial charge in [0, 0.05) is 17.1 Å². The van der Waals surface area contributed by atoms with E-state index in [0.717, 1.165) is 59.5 Å². The molecular formula is C64H43N. The number of hydrogen-bond acceptors (Lipinski definition) is 1. The van der Waals surface area contributed by atoms with Crippen molar-refractivity contribution in [2.24, 2.45) is 0 Å². The van der Waals surface area contributed by atoms with Gasteiger partial charge >= 0.3 is 0 Å². The number of fused-ring (bicyclic) bond motifs is 5. The average molecular weight is 838 g/mol. The summed E-state index contributed by atoms with van der Waals surface area (Å²) >= 11 is 0. The summed E-state index contributed by atoms with van der Waals surface area (Å²) in [4.78, 5) is 0.873. The topological polar surface area (TPSA) is 3.24 Å². The number of nitrogens with zero attached hydrogens (tertiary/aromatic N) is 1. The van der Waals surface area contributed by atoms with Crippen molar-refractivity contribution in [3.05, 3.63) is 261 Å². The first kappa shape index (κ1) is 27.5. The van der Waals surface area contributed by atoms with E-state index in [1.165, 1.54) is 0 Å². The zero-order chi connectivity index (χ0) is 53.6. The lowest BCUT2D eigenvalue weighted by Crippen LogP contribution is -2.09. The van der Waals surface area contributed by atoms with Crippen LogP contribution in [0.5, 0.6) is 0 Å². The Morgan fingerprint density at radius 2 is 0.631 bits per heavy atom. The number of hydrogen-bond donors (Lipinski definition) is 0. The smallest absolute Gasteiger partial charge is 0.0645 e. The summed E-state index contributed by atoms with van der Waals surface area (Å²) in [5.41, 5.74) is 3.00. The monoisotopic (exact) mass is 837 g/mol. The molecule has 0 aliphatic heterocycles. The third-order valence-corrected chi connectivity index (χ3v) is 12.1. The fraction of sp³-hybridized carbons (Fsp3) is 0. The van der Waals surface area contributed by atoms with E-state index >= 15 is 0 Å². The molecule has 12 rings (SSSR count). The van der Waals surface area contributed by atoms with Crippen LogP contribution in [0, 0.1) is 0 Å². The molecule has 12 aromatic carbocycles. The Balaban J connectivity index is 1.14. The molecular weight excluding hydrogens is 783 g/mol. The molecule has 65 heavy (non-hydrogen) atoms. The van der Waals surface area contributed by atoms with Gasteiger partial charge in [-0.2, -0.15) is 0 Å². The summed E-state index contributed by atoms with van der Waals surface area (Å²) in [5.74, 6) is 0. The highest BCUT2D eigenvalue weighted by Crippen LogP contribution is 2.46. The predicted octanol–water partition coefficient (Wildman–Crippen LogP) is 18.1. The van der Waals surface area contributed by atoms with Crippen LogP contribution in [0.25, 0.3) is 98.7 Å². The van der Waals surface area contributed by atoms with Crippen LogP contribution < -0.4 is 4.90 Å². The Kier molecular flexibility index (Phi) is 6.91. The van der Waals surface area contributed by atoms with E-state index in [1.54, 1.807) is 42.5 Å². The fourth-order valence-electron chi connectivity index (χ4n) is 9.05. The fourth-order valence-corrected chi connectivity index (χ4v) is 9.05. The molecule has 0 heterocycles. The quantitative estimate of drug-likeness (QED) is 0.138. The summed E-state index contributed by atoms with van der Waals surface area (Å²) in [6, 6.07) is 51.8. The van der Waals surface area contributed by atoms with Gasteiger partial charge in [-0.1, -0.05) is 218 Å². The summed E-state index contributed by atoms with van der Waals surface area (Å²) in [6.45, 7) is 0. The first-order chi connectivity index (χ1) is 37.3. The minimum Gasteiger partial charge on any atom is -0.311 e. The van der Waals surface area contributed by atoms with Crippen LogP contribution in [0.1, 0.15) is 16.4 Å². The van der Waals surface area contributed by atoms with E-state index in [0.29, 0.717) is 27.5 Å². The van der Waals surface area contributed by atoms with Crippen molar-refractivity contribution in [2.45, 2.75) is 0 Å². The summed E-state index contributed by atoms with van der Waals surface area (Å²) in [5, 5.41) is 6.57. The Labute approximate surface area is 396 Å². The maximum absolute atomic E-state index is 9.91. The largest absolute Gasteiger partial charge is 0.311 e. The van der Waals surface area contributed by atoms with Gasteiger partial charge in [-0.15, -0.1) is 0 Å². The van der Waals surface area contributed by atoms with Gasteiger partial charge in [0.1, 0.15) is 0 Å². The molecule has 0 N–H and O–H groups in total. The van der Waals surface area contributed by atoms with E-state index in [2.05, 4.69) is 24.3 Å². The first-order valence-electron chi connectivity index (χ1n) is 27.5. The summed E-state index contributed by atoms with van der Waals surface area (Å²) in [7, 11) is 0. The van der Waals surface area contributed by atoms with Crippen molar-refractivity contribution in [1.29, 1.82) is 0 Å². The van der Waals surface area contributed by atoms with Crippen LogP contribution in [0.3, 0.4) is 0 Å². The second-order valence-corrected chi connectivity index (χ2v) is 15.8. The maximum atomic E-state index is 9.91. The number of benzene rings is 12. The Bertz CT molecular complexity index is 4180. The number of rotatable bonds is 8. The number of anilines is 3. The zero-order valence-corrected chi connectivity index (χ0v) is 34.8. The van der Waals surface area contributed by atoms with E-state index in [4.69, 9.17) is 0 Å². The molecule has 304 valence electrons. The molecule has 0 atom stereocenters. The third kappa shape index (κ3) is 6.92. The van der Waals surface area contributed by atoms with Crippen molar-refractivity contribution < 1.29 is 16.4 Å². The molecule has 0 fully saturated rings. The molecule has 0 bridgehead atoms. The Hall–Kier alpha value is -8.52. The Morgan fingerprint density at radius 3 is 1.14 bits per heavy atom. The molecule has 0 saturated carbocycles. The highest BCUT2D eigenvalue weighted by molar-refractivity contribution is 6.22. The maximum Gasteiger partial charge on any atom is 0.0645 e. The average Bonchev–Trinajstić information content (AvgIpc) is 3.54. The van der Waals surface area contributed by atoms with E-state index in [-0.39, 0.29) is 16.7 Å². The second kappa shape index (κ2) is 16.3. The van der Waals surface area contributed by atoms with Gasteiger partial charge in [0.05, 0.1) is 16.4 Å². The highest BCUT2D eigenvalue weighted by Gasteiger charge is 2.19. The lowest BCUT2D eigenvalue weighted by atomic mass is 9.84. The second-order valence-electron chi connectivity index (χ2n) is 15.8. The highest BCUT2D eigenvalue weighted by atomic mass is 15.1. The normalized spacial score (nSPS) is 14.0. The van der Waals surface area contributed by atoms with Gasteiger partial charge < -0.3 is 4.90 Å². The van der Waals surface area contributed by atoms with Crippen LogP contribution in [0.4, 0.5) is 17.1 Å². The first-order valence-corrected chi connectivity index (χ1v) is 21.5. The van der Waals surface area contributed by atoms with Gasteiger partial charge in [-0.25, -0.2) is 0 Å². The van der Waals surface area contributed by atoms with Gasteiger partial charge in [0.15, 0.2) is 0 Å². The van der Waals surface area contributed by atoms with Crippen LogP contribution in [0.2, 0.25) is 0 Å². The summed E-state index contributed by atoms with van der Waals surface area (Å²) < 4.78 is 117. The molecule has 0 aliphatic rings. The lowest BCUT2D eigenvalue weighted by molar-refractivity contribution is 1.28. The predicted molar refractivity (Wildman–Crippen MR) is 278 cm³/mol. The lowest BCUT2D eigenvalue weighted by Gasteiger charge is -2.26. The molecule has 0 radical (unpaired) electrons. The van der Waals surface area contributed by atoms with E-state index in [9.17, 15) is 16.4 Å². The van der Waals surface area contributed by atoms with Crippen LogP contribution in [0.15, 0.2) is 261 Å². The van der Waals surface area contributed by atoms with Crippen molar-refractivity contribution in [2.75, 3.05) is 4.90 Å². The minimum absolute atomic E-state index is 0.0457. The molecule has 0 unspecified atom stereocenters. The molecule has 0 amide bonds. The molecule has 0 spiro atoms. The molecule has 1 heteroatoms. The van der Waals surface area contributed by atoms with Gasteiger partial charge in [-0.3, -0.25) is 0 Å². The van der Waals surface area contributed by atoms with Gasteiger partial charge in [0.2, 0.25) is 0 Å². The van der Waals surface area contributed by atoms with Crippen LogP contribution in [-0.2, 0) is 0 Å². The van der Waals surface area contributed by atoms with Crippen molar-refractivity contribution in [3.8, 4) is 55.6 Å². The molecule has 1 nitrogen and oxygen atoms in total. The minimum atomic E-state index is -0.683. The van der Waals surface area contributed by atoms with Gasteiger partial charge in [0.25, 0.3) is 0 Å². The molecule has 12 aromatic rings. The molecule has 0 saturated heterocycles. The van der Waals surface area contributed by atoms with Crippen molar-refractivity contribution >= 4 is 60.2 Å². The summed E-state index contributed by atoms with van der Waals surface area (Å²) in [6.07, 6.45) is 0. The van der Waals surface area contributed by atoms with Crippen molar-refractivity contribution in [1.82, 2.24) is 0 Å². The van der Waals surface area contributed by atoms with Crippen LogP contribution >= 0.6 is 0 Å². The Morgan fingerprint density at radius 1 is 0.246 bits per heavy atom. The van der Waals surface area contributed by atoms with Gasteiger partial charge in [-0.05, 0) is 141 Å². The molecule has 0 aromatic heterocycles. The van der Waals surface area contributed by atoms with Crippen LogP contribution in [-0.4, -0.2) is 0 Å². The van der Waals surface area contributed by atoms with E-state index in [1.807, 2.05) is 121 Å². The SMILES string of the molecule is [2H]c1c([2H])c(N(c2c([2H])c([2H])c(-c3cccc4ccccc34)c([2H])c2[2H])c2c([2H])c([2H])c(-c3cccc4ccccc34)c([2H])c2[2H])c([2H])c([2H])c1-c1ccc2c(c1)c(-c1ccccc1)c(-c1ccccc1)c1ccccc12. The third-order valence-electron chi connectivity index (χ3n) is 12.1.